The highest BCUT2D eigenvalue weighted by Gasteiger charge is 2.19. The van der Waals surface area contributed by atoms with E-state index in [1.807, 2.05) is 0 Å². The summed E-state index contributed by atoms with van der Waals surface area (Å²) in [4.78, 5) is 4.20. The van der Waals surface area contributed by atoms with E-state index in [1.165, 1.54) is 5.57 Å². The van der Waals surface area contributed by atoms with E-state index >= 15 is 0 Å². The zero-order valence-electron chi connectivity index (χ0n) is 12.8. The maximum absolute atomic E-state index is 4.20. The second-order valence-electron chi connectivity index (χ2n) is 6.87. The van der Waals surface area contributed by atoms with Gasteiger partial charge in [-0.15, -0.1) is 0 Å². The number of allylic oxidation sites excluding steroid dienone is 1. The fourth-order valence-electron chi connectivity index (χ4n) is 1.71. The molecule has 18 heavy (non-hydrogen) atoms. The van der Waals surface area contributed by atoms with Crippen LogP contribution in [0.5, 0.6) is 0 Å². The number of hydrogen-bond donors (Lipinski definition) is 0. The van der Waals surface area contributed by atoms with Gasteiger partial charge < -0.3 is 4.57 Å². The average Bonchev–Trinajstić information content (AvgIpc) is 2.58. The van der Waals surface area contributed by atoms with Gasteiger partial charge in [-0.2, -0.15) is 0 Å². The monoisotopic (exact) mass is 246 g/mol. The molecule has 0 fully saturated rings. The lowest BCUT2D eigenvalue weighted by atomic mass is 9.87. The van der Waals surface area contributed by atoms with Crippen molar-refractivity contribution >= 4 is 18.6 Å². The Morgan fingerprint density at radius 1 is 1.22 bits per heavy atom. The van der Waals surface area contributed by atoms with Crippen LogP contribution in [0.2, 0.25) is 0 Å². The van der Waals surface area contributed by atoms with E-state index in [9.17, 15) is 0 Å². The first-order chi connectivity index (χ1) is 8.07. The van der Waals surface area contributed by atoms with Crippen molar-refractivity contribution in [1.29, 1.82) is 0 Å². The van der Waals surface area contributed by atoms with Crippen LogP contribution in [0.25, 0.3) is 6.08 Å². The van der Waals surface area contributed by atoms with E-state index in [4.69, 9.17) is 0 Å². The van der Waals surface area contributed by atoms with Gasteiger partial charge in [0.05, 0.1) is 0 Å². The Hall–Kier alpha value is -1.31. The van der Waals surface area contributed by atoms with Crippen LogP contribution in [0.15, 0.2) is 22.8 Å². The highest BCUT2D eigenvalue weighted by molar-refractivity contribution is 5.66. The van der Waals surface area contributed by atoms with E-state index < -0.39 is 0 Å². The van der Waals surface area contributed by atoms with Crippen LogP contribution >= 0.6 is 0 Å². The Bertz CT molecular complexity index is 462. The summed E-state index contributed by atoms with van der Waals surface area (Å²) in [7, 11) is 0. The van der Waals surface area contributed by atoms with Crippen molar-refractivity contribution in [3.05, 3.63) is 23.4 Å². The van der Waals surface area contributed by atoms with Gasteiger partial charge in [0.15, 0.2) is 0 Å². The predicted octanol–water partition coefficient (Wildman–Crippen LogP) is 5.02. The zero-order chi connectivity index (χ0) is 14.1. The molecule has 0 aromatic carbocycles. The SMILES string of the molecule is C=Nc1c(/C=C(\C)C(C)(C)C)ccn1C(C)(C)C. The molecule has 0 bridgehead atoms. The van der Waals surface area contributed by atoms with Crippen molar-refractivity contribution < 1.29 is 0 Å². The Kier molecular flexibility index (Phi) is 3.89. The molecule has 0 aliphatic heterocycles. The molecule has 0 N–H and O–H groups in total. The van der Waals surface area contributed by atoms with E-state index in [-0.39, 0.29) is 11.0 Å². The molecular weight excluding hydrogens is 220 g/mol. The maximum atomic E-state index is 4.20. The summed E-state index contributed by atoms with van der Waals surface area (Å²) < 4.78 is 2.17. The lowest BCUT2D eigenvalue weighted by Gasteiger charge is -2.23. The van der Waals surface area contributed by atoms with E-state index in [0.717, 1.165) is 11.4 Å². The summed E-state index contributed by atoms with van der Waals surface area (Å²) in [6.07, 6.45) is 4.30. The molecule has 2 nitrogen and oxygen atoms in total. The average molecular weight is 246 g/mol. The van der Waals surface area contributed by atoms with Crippen LogP contribution in [0, 0.1) is 5.41 Å². The number of nitrogens with zero attached hydrogens (tertiary/aromatic N) is 2. The van der Waals surface area contributed by atoms with Crippen molar-refractivity contribution in [2.75, 3.05) is 0 Å². The van der Waals surface area contributed by atoms with E-state index in [0.29, 0.717) is 0 Å². The Morgan fingerprint density at radius 2 is 1.78 bits per heavy atom. The van der Waals surface area contributed by atoms with E-state index in [1.54, 1.807) is 0 Å². The first kappa shape index (κ1) is 14.7. The summed E-state index contributed by atoms with van der Waals surface area (Å²) in [6, 6.07) is 2.12. The summed E-state index contributed by atoms with van der Waals surface area (Å²) >= 11 is 0. The lowest BCUT2D eigenvalue weighted by molar-refractivity contribution is 0.402. The molecule has 2 heteroatoms. The fraction of sp³-hybridized carbons (Fsp3) is 0.562. The standard InChI is InChI=1S/C16H26N2/c1-12(15(2,3)4)11-13-9-10-18(14(13)17-8)16(5,6)7/h9-11H,8H2,1-7H3/b12-11+. The fourth-order valence-corrected chi connectivity index (χ4v) is 1.71. The van der Waals surface area contributed by atoms with Crippen LogP contribution in [-0.4, -0.2) is 11.3 Å². The molecule has 0 amide bonds. The molecule has 0 aliphatic carbocycles. The lowest BCUT2D eigenvalue weighted by Crippen LogP contribution is -2.20. The van der Waals surface area contributed by atoms with Gasteiger partial charge in [-0.05, 0) is 45.9 Å². The second-order valence-corrected chi connectivity index (χ2v) is 6.87. The molecule has 100 valence electrons. The molecule has 0 saturated carbocycles. The molecule has 0 unspecified atom stereocenters. The van der Waals surface area contributed by atoms with Crippen molar-refractivity contribution in [3.63, 3.8) is 0 Å². The second kappa shape index (κ2) is 4.75. The molecule has 0 spiro atoms. The predicted molar refractivity (Wildman–Crippen MR) is 81.7 cm³/mol. The summed E-state index contributed by atoms with van der Waals surface area (Å²) in [5, 5.41) is 0. The van der Waals surface area contributed by atoms with Crippen LogP contribution < -0.4 is 0 Å². The molecule has 1 aromatic rings. The quantitative estimate of drug-likeness (QED) is 0.652. The molecule has 1 aromatic heterocycles. The minimum atomic E-state index is 0.0260. The molecule has 1 heterocycles. The van der Waals surface area contributed by atoms with Gasteiger partial charge in [0, 0.05) is 17.3 Å². The van der Waals surface area contributed by atoms with Crippen LogP contribution in [0.3, 0.4) is 0 Å². The first-order valence-corrected chi connectivity index (χ1v) is 6.44. The third-order valence-electron chi connectivity index (χ3n) is 3.32. The maximum Gasteiger partial charge on any atom is 0.139 e. The van der Waals surface area contributed by atoms with Crippen molar-refractivity contribution in [2.24, 2.45) is 10.4 Å². The Labute approximate surface area is 111 Å². The molecule has 0 aliphatic rings. The highest BCUT2D eigenvalue weighted by Crippen LogP contribution is 2.32. The van der Waals surface area contributed by atoms with Crippen LogP contribution in [0.1, 0.15) is 54.0 Å². The summed E-state index contributed by atoms with van der Waals surface area (Å²) in [6.45, 7) is 19.1. The van der Waals surface area contributed by atoms with Crippen molar-refractivity contribution in [2.45, 2.75) is 54.0 Å². The third kappa shape index (κ3) is 3.12. The summed E-state index contributed by atoms with van der Waals surface area (Å²) in [5.41, 5.74) is 2.70. The number of aromatic nitrogens is 1. The first-order valence-electron chi connectivity index (χ1n) is 6.44. The van der Waals surface area contributed by atoms with Crippen LogP contribution in [0.4, 0.5) is 5.82 Å². The van der Waals surface area contributed by atoms with Gasteiger partial charge in [0.25, 0.3) is 0 Å². The molecule has 0 radical (unpaired) electrons. The third-order valence-corrected chi connectivity index (χ3v) is 3.32. The Morgan fingerprint density at radius 3 is 2.17 bits per heavy atom. The minimum absolute atomic E-state index is 0.0260. The molecule has 0 saturated heterocycles. The Balaban J connectivity index is 3.29. The molecule has 0 atom stereocenters. The largest absolute Gasteiger partial charge is 0.327 e. The van der Waals surface area contributed by atoms with Crippen LogP contribution in [-0.2, 0) is 5.54 Å². The number of aliphatic imine (C=N–C) groups is 1. The summed E-state index contributed by atoms with van der Waals surface area (Å²) in [5.74, 6) is 0.950. The van der Waals surface area contributed by atoms with Crippen molar-refractivity contribution in [1.82, 2.24) is 4.57 Å². The molecular formula is C16H26N2. The normalized spacial score (nSPS) is 13.8. The van der Waals surface area contributed by atoms with Crippen molar-refractivity contribution in [3.8, 4) is 0 Å². The molecule has 1 rings (SSSR count). The zero-order valence-corrected chi connectivity index (χ0v) is 12.8. The van der Waals surface area contributed by atoms with Gasteiger partial charge in [-0.25, -0.2) is 4.99 Å². The van der Waals surface area contributed by atoms with Gasteiger partial charge in [-0.3, -0.25) is 0 Å². The smallest absolute Gasteiger partial charge is 0.139 e. The highest BCUT2D eigenvalue weighted by atomic mass is 15.1. The number of hydrogen-bond acceptors (Lipinski definition) is 1. The minimum Gasteiger partial charge on any atom is -0.327 e. The van der Waals surface area contributed by atoms with Gasteiger partial charge in [0.2, 0.25) is 0 Å². The van der Waals surface area contributed by atoms with Gasteiger partial charge in [0.1, 0.15) is 5.82 Å². The number of rotatable bonds is 2. The topological polar surface area (TPSA) is 17.3 Å². The van der Waals surface area contributed by atoms with Gasteiger partial charge in [-0.1, -0.05) is 32.4 Å². The van der Waals surface area contributed by atoms with E-state index in [2.05, 4.69) is 83.1 Å². The van der Waals surface area contributed by atoms with Gasteiger partial charge >= 0.3 is 0 Å².